The van der Waals surface area contributed by atoms with Gasteiger partial charge in [0.2, 0.25) is 11.8 Å². The van der Waals surface area contributed by atoms with Crippen LogP contribution in [0.5, 0.6) is 0 Å². The van der Waals surface area contributed by atoms with Crippen LogP contribution < -0.4 is 10.6 Å². The molecule has 2 rings (SSSR count). The van der Waals surface area contributed by atoms with Crippen LogP contribution in [0.15, 0.2) is 48.4 Å². The van der Waals surface area contributed by atoms with E-state index in [2.05, 4.69) is 24.1 Å². The average molecular weight is 812 g/mol. The Labute approximate surface area is 345 Å². The third-order valence-corrected chi connectivity index (χ3v) is 11.0. The van der Waals surface area contributed by atoms with Crippen LogP contribution in [0, 0.1) is 23.7 Å². The zero-order chi connectivity index (χ0) is 42.7. The van der Waals surface area contributed by atoms with Gasteiger partial charge in [-0.15, -0.1) is 11.3 Å². The maximum absolute atomic E-state index is 14.3. The maximum Gasteiger partial charge on any atom is 0.309 e. The summed E-state index contributed by atoms with van der Waals surface area (Å²) < 4.78 is 11.4. The molecule has 0 bridgehead atoms. The summed E-state index contributed by atoms with van der Waals surface area (Å²) in [6.45, 7) is 20.4. The number of thiazole rings is 1. The van der Waals surface area contributed by atoms with E-state index in [1.807, 2.05) is 83.8 Å². The lowest BCUT2D eigenvalue weighted by Crippen LogP contribution is -2.55. The SMILES string of the molecule is C=CCOC(=O)[C@@H](C)C[C@H](Cc1ccccc1)NC(=O)c1csc([C@@H](C[C@H](C(C)C)N(C)C(=O)[C@@H](NC(=O)CN(C)CCCC)[C@@H](C)CC)OC(=O)CC(C)C)n1. The molecule has 1 aromatic carbocycles. The number of nitrogens with one attached hydrogen (secondary N) is 2. The Balaban J connectivity index is 2.38. The molecule has 0 saturated carbocycles. The molecule has 0 fully saturated rings. The molecule has 57 heavy (non-hydrogen) atoms. The number of hydrogen-bond acceptors (Lipinski definition) is 10. The second-order valence-electron chi connectivity index (χ2n) is 16.1. The minimum atomic E-state index is -0.839. The number of benzene rings is 1. The molecule has 0 aliphatic rings. The number of nitrogens with zero attached hydrogens (tertiary/aromatic N) is 3. The van der Waals surface area contributed by atoms with E-state index in [0.717, 1.165) is 24.9 Å². The fourth-order valence-electron chi connectivity index (χ4n) is 6.57. The highest BCUT2D eigenvalue weighted by Gasteiger charge is 2.36. The second-order valence-corrected chi connectivity index (χ2v) is 17.0. The molecule has 3 amide bonds. The molecule has 1 heterocycles. The van der Waals surface area contributed by atoms with Crippen molar-refractivity contribution in [2.45, 2.75) is 125 Å². The molecule has 0 spiro atoms. The van der Waals surface area contributed by atoms with E-state index in [1.165, 1.54) is 17.4 Å². The van der Waals surface area contributed by atoms with Crippen molar-refractivity contribution in [3.63, 3.8) is 0 Å². The topological polar surface area (TPSA) is 147 Å². The van der Waals surface area contributed by atoms with Gasteiger partial charge in [0.25, 0.3) is 5.91 Å². The van der Waals surface area contributed by atoms with Gasteiger partial charge in [0.15, 0.2) is 6.10 Å². The molecule has 6 atom stereocenters. The van der Waals surface area contributed by atoms with Crippen molar-refractivity contribution in [3.8, 4) is 0 Å². The van der Waals surface area contributed by atoms with Crippen LogP contribution in [0.4, 0.5) is 0 Å². The molecule has 318 valence electrons. The van der Waals surface area contributed by atoms with Gasteiger partial charge in [-0.1, -0.05) is 111 Å². The Bertz CT molecular complexity index is 1560. The van der Waals surface area contributed by atoms with Crippen LogP contribution in [0.1, 0.15) is 121 Å². The molecule has 0 aliphatic carbocycles. The van der Waals surface area contributed by atoms with Crippen molar-refractivity contribution in [1.82, 2.24) is 25.4 Å². The smallest absolute Gasteiger partial charge is 0.309 e. The third-order valence-electron chi connectivity index (χ3n) is 10.1. The molecule has 2 aromatic rings. The minimum absolute atomic E-state index is 0.0552. The molecular weight excluding hydrogens is 743 g/mol. The molecule has 2 N–H and O–H groups in total. The van der Waals surface area contributed by atoms with Gasteiger partial charge in [-0.25, -0.2) is 4.98 Å². The summed E-state index contributed by atoms with van der Waals surface area (Å²) in [4.78, 5) is 75.3. The molecular formula is C44H69N5O7S. The summed E-state index contributed by atoms with van der Waals surface area (Å²) >= 11 is 1.22. The van der Waals surface area contributed by atoms with E-state index in [9.17, 15) is 24.0 Å². The number of carbonyl (C=O) groups excluding carboxylic acids is 5. The first kappa shape index (κ1) is 49.0. The summed E-state index contributed by atoms with van der Waals surface area (Å²) in [6.07, 6.45) is 4.62. The van der Waals surface area contributed by atoms with Crippen LogP contribution in [0.2, 0.25) is 0 Å². The Morgan fingerprint density at radius 1 is 0.965 bits per heavy atom. The minimum Gasteiger partial charge on any atom is -0.461 e. The van der Waals surface area contributed by atoms with Crippen molar-refractivity contribution >= 4 is 41.0 Å². The molecule has 0 unspecified atom stereocenters. The largest absolute Gasteiger partial charge is 0.461 e. The summed E-state index contributed by atoms with van der Waals surface area (Å²) in [5, 5.41) is 8.18. The summed E-state index contributed by atoms with van der Waals surface area (Å²) in [5.41, 5.74) is 1.16. The van der Waals surface area contributed by atoms with E-state index < -0.39 is 42.0 Å². The normalized spacial score (nSPS) is 14.6. The fraction of sp³-hybridized carbons (Fsp3) is 0.636. The van der Waals surface area contributed by atoms with Gasteiger partial charge < -0.3 is 25.0 Å². The number of esters is 2. The summed E-state index contributed by atoms with van der Waals surface area (Å²) in [7, 11) is 3.63. The zero-order valence-corrected chi connectivity index (χ0v) is 36.9. The number of unbranched alkanes of at least 4 members (excludes halogenated alkanes) is 1. The monoisotopic (exact) mass is 811 g/mol. The van der Waals surface area contributed by atoms with Crippen molar-refractivity contribution < 1.29 is 33.4 Å². The number of amides is 3. The lowest BCUT2D eigenvalue weighted by atomic mass is 9.93. The Morgan fingerprint density at radius 3 is 2.25 bits per heavy atom. The van der Waals surface area contributed by atoms with Crippen LogP contribution in [0.3, 0.4) is 0 Å². The quantitative estimate of drug-likeness (QED) is 0.0757. The molecule has 0 radical (unpaired) electrons. The zero-order valence-electron chi connectivity index (χ0n) is 36.0. The van der Waals surface area contributed by atoms with Gasteiger partial charge in [0.1, 0.15) is 23.4 Å². The Kier molecular flexibility index (Phi) is 21.8. The van der Waals surface area contributed by atoms with E-state index in [-0.39, 0.29) is 67.2 Å². The molecule has 0 aliphatic heterocycles. The Morgan fingerprint density at radius 2 is 1.65 bits per heavy atom. The molecule has 13 heteroatoms. The lowest BCUT2D eigenvalue weighted by molar-refractivity contribution is -0.152. The number of hydrogen-bond donors (Lipinski definition) is 2. The lowest BCUT2D eigenvalue weighted by Gasteiger charge is -2.37. The van der Waals surface area contributed by atoms with E-state index in [1.54, 1.807) is 24.3 Å². The van der Waals surface area contributed by atoms with Crippen LogP contribution >= 0.6 is 11.3 Å². The van der Waals surface area contributed by atoms with Crippen molar-refractivity contribution in [3.05, 3.63) is 64.6 Å². The van der Waals surface area contributed by atoms with Gasteiger partial charge in [-0.2, -0.15) is 0 Å². The summed E-state index contributed by atoms with van der Waals surface area (Å²) in [6, 6.07) is 8.16. The molecule has 12 nitrogen and oxygen atoms in total. The van der Waals surface area contributed by atoms with Crippen molar-refractivity contribution in [2.24, 2.45) is 23.7 Å². The third kappa shape index (κ3) is 17.1. The standard InChI is InChI=1S/C44H69N5O7S/c1-12-15-21-48(10)27-38(50)47-40(31(8)14-3)43(53)49(11)36(30(6)7)26-37(56-39(51)23-29(4)5)42-46-35(28-57-42)41(52)45-34(25-33-19-17-16-18-20-33)24-32(9)44(54)55-22-13-2/h13,16-20,28-32,34,36-37,40H,2,12,14-15,21-27H2,1,3-11H3,(H,45,52)(H,47,50)/t31-,32-,34+,36+,37+,40-/m0/s1. The molecule has 0 saturated heterocycles. The first-order valence-electron chi connectivity index (χ1n) is 20.5. The predicted molar refractivity (Wildman–Crippen MR) is 227 cm³/mol. The van der Waals surface area contributed by atoms with Gasteiger partial charge in [-0.3, -0.25) is 28.9 Å². The number of likely N-dealkylation sites (N-methyl/N-ethyl adjacent to an activating group) is 2. The highest BCUT2D eigenvalue weighted by atomic mass is 32.1. The summed E-state index contributed by atoms with van der Waals surface area (Å²) in [5.74, 6) is -2.22. The first-order valence-corrected chi connectivity index (χ1v) is 21.4. The van der Waals surface area contributed by atoms with E-state index in [0.29, 0.717) is 24.3 Å². The van der Waals surface area contributed by atoms with Crippen LogP contribution in [-0.2, 0) is 35.1 Å². The maximum atomic E-state index is 14.3. The second kappa shape index (κ2) is 25.3. The van der Waals surface area contributed by atoms with E-state index in [4.69, 9.17) is 14.5 Å². The van der Waals surface area contributed by atoms with Gasteiger partial charge in [-0.05, 0) is 56.2 Å². The van der Waals surface area contributed by atoms with E-state index >= 15 is 0 Å². The van der Waals surface area contributed by atoms with Gasteiger partial charge in [0, 0.05) is 37.4 Å². The highest BCUT2D eigenvalue weighted by Crippen LogP contribution is 2.32. The van der Waals surface area contributed by atoms with Crippen molar-refractivity contribution in [2.75, 3.05) is 33.8 Å². The van der Waals surface area contributed by atoms with Crippen LogP contribution in [0.25, 0.3) is 0 Å². The highest BCUT2D eigenvalue weighted by molar-refractivity contribution is 7.09. The number of rotatable bonds is 26. The first-order chi connectivity index (χ1) is 27.0. The molecule has 1 aromatic heterocycles. The van der Waals surface area contributed by atoms with Crippen LogP contribution in [-0.4, -0.2) is 96.4 Å². The van der Waals surface area contributed by atoms with Crippen molar-refractivity contribution in [1.29, 1.82) is 0 Å². The predicted octanol–water partition coefficient (Wildman–Crippen LogP) is 7.01. The van der Waals surface area contributed by atoms with Gasteiger partial charge >= 0.3 is 11.9 Å². The number of carbonyl (C=O) groups is 5. The van der Waals surface area contributed by atoms with Gasteiger partial charge in [0.05, 0.1) is 12.5 Å². The number of aromatic nitrogens is 1. The number of ether oxygens (including phenoxy) is 2. The average Bonchev–Trinajstić information content (AvgIpc) is 3.66. The fourth-order valence-corrected chi connectivity index (χ4v) is 7.41. The Hall–Kier alpha value is -4.10.